The fourth-order valence-electron chi connectivity index (χ4n) is 4.04. The maximum Gasteiger partial charge on any atom is 0.237 e. The number of carbonyl (C=O) groups is 1. The Kier molecular flexibility index (Phi) is 5.67. The number of likely N-dealkylation sites (N-methyl/N-ethyl adjacent to an activating group) is 1. The van der Waals surface area contributed by atoms with Crippen molar-refractivity contribution in [1.82, 2.24) is 5.32 Å². The molecule has 122 valence electrons. The lowest BCUT2D eigenvalue weighted by atomic mass is 9.78. The molecule has 0 aromatic heterocycles. The van der Waals surface area contributed by atoms with E-state index in [-0.39, 0.29) is 12.0 Å². The summed E-state index contributed by atoms with van der Waals surface area (Å²) < 4.78 is 6.35. The molecule has 2 aliphatic carbocycles. The number of nitrogens with one attached hydrogen (secondary N) is 1. The Bertz CT molecular complexity index is 357. The van der Waals surface area contributed by atoms with Gasteiger partial charge >= 0.3 is 0 Å². The molecule has 4 heteroatoms. The van der Waals surface area contributed by atoms with E-state index in [1.54, 1.807) is 0 Å². The van der Waals surface area contributed by atoms with E-state index in [1.165, 1.54) is 6.42 Å². The first-order valence-electron chi connectivity index (χ1n) is 8.67. The molecule has 0 heterocycles. The molecule has 0 spiro atoms. The monoisotopic (exact) mass is 296 g/mol. The van der Waals surface area contributed by atoms with E-state index in [4.69, 9.17) is 10.5 Å². The van der Waals surface area contributed by atoms with Crippen LogP contribution in [0.15, 0.2) is 0 Å². The summed E-state index contributed by atoms with van der Waals surface area (Å²) >= 11 is 0. The average molecular weight is 296 g/mol. The van der Waals surface area contributed by atoms with Gasteiger partial charge in [-0.2, -0.15) is 0 Å². The molecular formula is C17H32N2O2. The summed E-state index contributed by atoms with van der Waals surface area (Å²) in [4.78, 5) is 11.9. The van der Waals surface area contributed by atoms with Gasteiger partial charge < -0.3 is 15.8 Å². The van der Waals surface area contributed by atoms with Crippen LogP contribution in [0.5, 0.6) is 0 Å². The summed E-state index contributed by atoms with van der Waals surface area (Å²) in [6.07, 6.45) is 7.76. The number of amides is 1. The molecule has 0 aliphatic heterocycles. The van der Waals surface area contributed by atoms with E-state index in [2.05, 4.69) is 19.2 Å². The van der Waals surface area contributed by atoms with Gasteiger partial charge in [-0.1, -0.05) is 20.8 Å². The minimum absolute atomic E-state index is 0.177. The highest BCUT2D eigenvalue weighted by atomic mass is 16.5. The van der Waals surface area contributed by atoms with Crippen LogP contribution in [0.1, 0.15) is 65.7 Å². The lowest BCUT2D eigenvalue weighted by Gasteiger charge is -2.41. The van der Waals surface area contributed by atoms with Crippen LogP contribution >= 0.6 is 0 Å². The predicted octanol–water partition coefficient (Wildman–Crippen LogP) is 2.60. The summed E-state index contributed by atoms with van der Waals surface area (Å²) in [6.45, 7) is 7.46. The smallest absolute Gasteiger partial charge is 0.237 e. The van der Waals surface area contributed by atoms with Crippen molar-refractivity contribution >= 4 is 5.91 Å². The Morgan fingerprint density at radius 1 is 1.24 bits per heavy atom. The topological polar surface area (TPSA) is 64.3 Å². The maximum atomic E-state index is 11.9. The van der Waals surface area contributed by atoms with E-state index in [9.17, 15) is 4.79 Å². The van der Waals surface area contributed by atoms with Crippen LogP contribution in [0.25, 0.3) is 0 Å². The molecule has 0 saturated heterocycles. The highest BCUT2D eigenvalue weighted by molar-refractivity contribution is 5.84. The molecule has 2 saturated carbocycles. The average Bonchev–Trinajstić information content (AvgIpc) is 2.43. The lowest BCUT2D eigenvalue weighted by molar-refractivity contribution is -0.131. The van der Waals surface area contributed by atoms with Crippen LogP contribution in [0.2, 0.25) is 0 Å². The first kappa shape index (κ1) is 16.8. The zero-order valence-electron chi connectivity index (χ0n) is 13.9. The number of nitrogens with two attached hydrogens (primary N) is 1. The molecular weight excluding hydrogens is 264 g/mol. The van der Waals surface area contributed by atoms with Gasteiger partial charge in [0, 0.05) is 6.42 Å². The van der Waals surface area contributed by atoms with Crippen LogP contribution in [0.3, 0.4) is 0 Å². The van der Waals surface area contributed by atoms with E-state index in [0.29, 0.717) is 6.10 Å². The Hall–Kier alpha value is -0.610. The van der Waals surface area contributed by atoms with Crippen molar-refractivity contribution in [2.75, 3.05) is 6.54 Å². The van der Waals surface area contributed by atoms with Crippen LogP contribution in [0.4, 0.5) is 0 Å². The van der Waals surface area contributed by atoms with Crippen LogP contribution in [0, 0.1) is 11.8 Å². The molecule has 0 bridgehead atoms. The Balaban J connectivity index is 1.93. The molecule has 21 heavy (non-hydrogen) atoms. The van der Waals surface area contributed by atoms with E-state index < -0.39 is 5.54 Å². The van der Waals surface area contributed by atoms with E-state index >= 15 is 0 Å². The third-order valence-electron chi connectivity index (χ3n) is 5.63. The van der Waals surface area contributed by atoms with E-state index in [1.807, 2.05) is 6.92 Å². The third-order valence-corrected chi connectivity index (χ3v) is 5.63. The van der Waals surface area contributed by atoms with Crippen molar-refractivity contribution < 1.29 is 9.53 Å². The molecule has 3 N–H and O–H groups in total. The normalized spacial score (nSPS) is 40.9. The largest absolute Gasteiger partial charge is 0.375 e. The standard InChI is InChI=1S/C17H32N2O2/c1-4-19-17(16(18)20)9-5-6-15(11-17)21-14-8-7-12(2)13(3)10-14/h12-15,19H,4-11H2,1-3H3,(H2,18,20). The highest BCUT2D eigenvalue weighted by Crippen LogP contribution is 2.35. The van der Waals surface area contributed by atoms with Gasteiger partial charge in [-0.05, 0) is 56.9 Å². The second-order valence-corrected chi connectivity index (χ2v) is 7.22. The second kappa shape index (κ2) is 7.10. The number of carbonyl (C=O) groups excluding carboxylic acids is 1. The molecule has 5 unspecified atom stereocenters. The molecule has 2 fully saturated rings. The predicted molar refractivity (Wildman–Crippen MR) is 84.9 cm³/mol. The molecule has 5 atom stereocenters. The van der Waals surface area contributed by atoms with Gasteiger partial charge in [0.1, 0.15) is 5.54 Å². The number of ether oxygens (including phenoxy) is 1. The van der Waals surface area contributed by atoms with Gasteiger partial charge in [-0.3, -0.25) is 4.79 Å². The maximum absolute atomic E-state index is 11.9. The number of hydrogen-bond acceptors (Lipinski definition) is 3. The zero-order valence-corrected chi connectivity index (χ0v) is 13.9. The third kappa shape index (κ3) is 3.98. The van der Waals surface area contributed by atoms with Gasteiger partial charge in [0.05, 0.1) is 12.2 Å². The number of hydrogen-bond donors (Lipinski definition) is 2. The number of primary amides is 1. The minimum Gasteiger partial charge on any atom is -0.375 e. The molecule has 4 nitrogen and oxygen atoms in total. The summed E-state index contributed by atoms with van der Waals surface area (Å²) in [5.74, 6) is 1.33. The first-order valence-corrected chi connectivity index (χ1v) is 8.67. The molecule has 2 aliphatic rings. The molecule has 0 aromatic rings. The summed E-state index contributed by atoms with van der Waals surface area (Å²) in [5.41, 5.74) is 5.12. The molecule has 2 rings (SSSR count). The van der Waals surface area contributed by atoms with Crippen molar-refractivity contribution in [2.45, 2.75) is 83.5 Å². The van der Waals surface area contributed by atoms with Crippen molar-refractivity contribution in [2.24, 2.45) is 17.6 Å². The van der Waals surface area contributed by atoms with Crippen molar-refractivity contribution in [1.29, 1.82) is 0 Å². The van der Waals surface area contributed by atoms with Crippen LogP contribution < -0.4 is 11.1 Å². The zero-order chi connectivity index (χ0) is 15.5. The van der Waals surface area contributed by atoms with Crippen molar-refractivity contribution in [3.05, 3.63) is 0 Å². The SMILES string of the molecule is CCNC1(C(N)=O)CCCC(OC2CCC(C)C(C)C2)C1. The Labute approximate surface area is 129 Å². The van der Waals surface area contributed by atoms with Gasteiger partial charge in [0.15, 0.2) is 0 Å². The first-order chi connectivity index (χ1) is 9.97. The van der Waals surface area contributed by atoms with Crippen molar-refractivity contribution in [3.8, 4) is 0 Å². The van der Waals surface area contributed by atoms with Gasteiger partial charge in [-0.15, -0.1) is 0 Å². The van der Waals surface area contributed by atoms with E-state index in [0.717, 1.165) is 56.9 Å². The Morgan fingerprint density at radius 2 is 2.00 bits per heavy atom. The molecule has 1 amide bonds. The fourth-order valence-corrected chi connectivity index (χ4v) is 4.04. The Morgan fingerprint density at radius 3 is 2.62 bits per heavy atom. The second-order valence-electron chi connectivity index (χ2n) is 7.22. The minimum atomic E-state index is -0.550. The number of rotatable bonds is 5. The van der Waals surface area contributed by atoms with Gasteiger partial charge in [0.25, 0.3) is 0 Å². The summed E-state index contributed by atoms with van der Waals surface area (Å²) in [5, 5.41) is 3.33. The highest BCUT2D eigenvalue weighted by Gasteiger charge is 2.42. The van der Waals surface area contributed by atoms with Gasteiger partial charge in [-0.25, -0.2) is 0 Å². The fraction of sp³-hybridized carbons (Fsp3) is 0.941. The van der Waals surface area contributed by atoms with Crippen LogP contribution in [-0.2, 0) is 9.53 Å². The summed E-state index contributed by atoms with van der Waals surface area (Å²) in [6, 6.07) is 0. The van der Waals surface area contributed by atoms with Crippen molar-refractivity contribution in [3.63, 3.8) is 0 Å². The quantitative estimate of drug-likeness (QED) is 0.819. The molecule has 0 radical (unpaired) electrons. The van der Waals surface area contributed by atoms with Crippen LogP contribution in [-0.4, -0.2) is 30.2 Å². The van der Waals surface area contributed by atoms with Gasteiger partial charge in [0.2, 0.25) is 5.91 Å². The molecule has 0 aromatic carbocycles. The lowest BCUT2D eigenvalue weighted by Crippen LogP contribution is -2.59. The summed E-state index contributed by atoms with van der Waals surface area (Å²) in [7, 11) is 0.